The summed E-state index contributed by atoms with van der Waals surface area (Å²) in [6.07, 6.45) is 6.81. The Morgan fingerprint density at radius 1 is 1.09 bits per heavy atom. The predicted molar refractivity (Wildman–Crippen MR) is 91.9 cm³/mol. The Labute approximate surface area is 140 Å². The van der Waals surface area contributed by atoms with Gasteiger partial charge < -0.3 is 4.74 Å². The Morgan fingerprint density at radius 2 is 1.78 bits per heavy atom. The molecule has 0 bridgehead atoms. The topological polar surface area (TPSA) is 26.3 Å². The van der Waals surface area contributed by atoms with E-state index in [2.05, 4.69) is 41.2 Å². The van der Waals surface area contributed by atoms with Crippen LogP contribution in [0.1, 0.15) is 73.1 Å². The van der Waals surface area contributed by atoms with Crippen LogP contribution < -0.4 is 0 Å². The van der Waals surface area contributed by atoms with Gasteiger partial charge in [-0.05, 0) is 56.3 Å². The fourth-order valence-electron chi connectivity index (χ4n) is 6.83. The molecule has 126 valence electrons. The van der Waals surface area contributed by atoms with Crippen LogP contribution in [-0.4, -0.2) is 11.6 Å². The van der Waals surface area contributed by atoms with Gasteiger partial charge >= 0.3 is 5.97 Å². The van der Waals surface area contributed by atoms with Crippen molar-refractivity contribution >= 4 is 5.97 Å². The van der Waals surface area contributed by atoms with Crippen LogP contribution in [0.5, 0.6) is 0 Å². The van der Waals surface area contributed by atoms with E-state index >= 15 is 0 Å². The van der Waals surface area contributed by atoms with E-state index in [9.17, 15) is 4.79 Å². The second-order valence-corrected chi connectivity index (χ2v) is 9.91. The quantitative estimate of drug-likeness (QED) is 0.349. The number of hydrogen-bond donors (Lipinski definition) is 0. The lowest BCUT2D eigenvalue weighted by molar-refractivity contribution is -0.168. The predicted octanol–water partition coefficient (Wildman–Crippen LogP) is 5.19. The molecule has 2 nitrogen and oxygen atoms in total. The summed E-state index contributed by atoms with van der Waals surface area (Å²) in [5.41, 5.74) is 3.70. The molecule has 4 rings (SSSR count). The van der Waals surface area contributed by atoms with E-state index in [0.29, 0.717) is 11.5 Å². The molecule has 2 heteroatoms. The lowest BCUT2D eigenvalue weighted by Gasteiger charge is -2.55. The summed E-state index contributed by atoms with van der Waals surface area (Å²) in [6.45, 7) is 15.8. The van der Waals surface area contributed by atoms with E-state index in [4.69, 9.17) is 4.74 Å². The summed E-state index contributed by atoms with van der Waals surface area (Å²) in [5, 5.41) is 0. The van der Waals surface area contributed by atoms with Crippen molar-refractivity contribution < 1.29 is 9.53 Å². The summed E-state index contributed by atoms with van der Waals surface area (Å²) >= 11 is 0. The van der Waals surface area contributed by atoms with Crippen LogP contribution in [-0.2, 0) is 9.53 Å². The number of hydrogen-bond acceptors (Lipinski definition) is 2. The van der Waals surface area contributed by atoms with Gasteiger partial charge in [0.25, 0.3) is 0 Å². The minimum atomic E-state index is -0.355. The van der Waals surface area contributed by atoms with Crippen molar-refractivity contribution in [3.05, 3.63) is 23.3 Å². The van der Waals surface area contributed by atoms with E-state index in [1.165, 1.54) is 24.8 Å². The third-order valence-corrected chi connectivity index (χ3v) is 7.73. The zero-order chi connectivity index (χ0) is 16.8. The Morgan fingerprint density at radius 3 is 2.48 bits per heavy atom. The summed E-state index contributed by atoms with van der Waals surface area (Å²) in [6, 6.07) is 0. The molecule has 1 heterocycles. The van der Waals surface area contributed by atoms with Crippen molar-refractivity contribution in [2.24, 2.45) is 22.2 Å². The Kier molecular flexibility index (Phi) is 2.78. The van der Waals surface area contributed by atoms with E-state index in [1.807, 2.05) is 0 Å². The standard InChI is InChI=1S/C21H30O2/c1-13-17(22)23-21(6)10-7-9-19(4)11-8-14-15(16(19)21)20(13,5)12-18(14,2)3/h16H,1,7-12H2,2-6H3/t16-,19+,20+,21-/m1/s1. The highest BCUT2D eigenvalue weighted by Gasteiger charge is 2.64. The first-order chi connectivity index (χ1) is 10.5. The molecule has 23 heavy (non-hydrogen) atoms. The van der Waals surface area contributed by atoms with Crippen LogP contribution in [0.3, 0.4) is 0 Å². The molecule has 2 fully saturated rings. The zero-order valence-corrected chi connectivity index (χ0v) is 15.3. The second kappa shape index (κ2) is 4.13. The molecule has 0 spiro atoms. The van der Waals surface area contributed by atoms with Crippen molar-refractivity contribution in [1.82, 2.24) is 0 Å². The molecule has 0 aromatic heterocycles. The van der Waals surface area contributed by atoms with E-state index in [0.717, 1.165) is 19.3 Å². The average Bonchev–Trinajstić information content (AvgIpc) is 2.60. The number of allylic oxidation sites excluding steroid dienone is 1. The van der Waals surface area contributed by atoms with E-state index < -0.39 is 0 Å². The van der Waals surface area contributed by atoms with Crippen LogP contribution in [0.25, 0.3) is 0 Å². The summed E-state index contributed by atoms with van der Waals surface area (Å²) < 4.78 is 6.13. The van der Waals surface area contributed by atoms with E-state index in [1.54, 1.807) is 5.57 Å². The second-order valence-electron chi connectivity index (χ2n) is 9.91. The first kappa shape index (κ1) is 15.5. The van der Waals surface area contributed by atoms with Gasteiger partial charge in [0, 0.05) is 16.9 Å². The molecule has 0 aromatic rings. The van der Waals surface area contributed by atoms with Crippen molar-refractivity contribution in [2.75, 3.05) is 0 Å². The fourth-order valence-corrected chi connectivity index (χ4v) is 6.83. The molecule has 0 unspecified atom stereocenters. The van der Waals surface area contributed by atoms with Crippen LogP contribution in [0.2, 0.25) is 0 Å². The number of carbonyl (C=O) groups excluding carboxylic acids is 1. The maximum Gasteiger partial charge on any atom is 0.334 e. The largest absolute Gasteiger partial charge is 0.455 e. The van der Waals surface area contributed by atoms with Crippen molar-refractivity contribution in [1.29, 1.82) is 0 Å². The molecule has 0 aromatic carbocycles. The Hall–Kier alpha value is -1.05. The van der Waals surface area contributed by atoms with E-state index in [-0.39, 0.29) is 27.8 Å². The zero-order valence-electron chi connectivity index (χ0n) is 15.3. The number of carbonyl (C=O) groups is 1. The molecule has 4 atom stereocenters. The van der Waals surface area contributed by atoms with Gasteiger partial charge in [-0.25, -0.2) is 4.79 Å². The van der Waals surface area contributed by atoms with Crippen molar-refractivity contribution in [3.8, 4) is 0 Å². The lowest BCUT2D eigenvalue weighted by Crippen LogP contribution is -2.52. The van der Waals surface area contributed by atoms with Gasteiger partial charge in [0.05, 0.1) is 0 Å². The van der Waals surface area contributed by atoms with Gasteiger partial charge in [-0.1, -0.05) is 45.4 Å². The van der Waals surface area contributed by atoms with Crippen LogP contribution in [0.15, 0.2) is 23.3 Å². The molecule has 0 radical (unpaired) electrons. The molecular formula is C21H30O2. The van der Waals surface area contributed by atoms with Gasteiger partial charge in [0.1, 0.15) is 5.60 Å². The van der Waals surface area contributed by atoms with Crippen LogP contribution >= 0.6 is 0 Å². The number of rotatable bonds is 0. The first-order valence-electron chi connectivity index (χ1n) is 9.20. The highest BCUT2D eigenvalue weighted by Crippen LogP contribution is 2.70. The Bertz CT molecular complexity index is 655. The van der Waals surface area contributed by atoms with Crippen LogP contribution in [0, 0.1) is 22.2 Å². The Balaban J connectivity index is 2.04. The van der Waals surface area contributed by atoms with Crippen LogP contribution in [0.4, 0.5) is 0 Å². The van der Waals surface area contributed by atoms with Crippen molar-refractivity contribution in [2.45, 2.75) is 78.7 Å². The minimum Gasteiger partial charge on any atom is -0.455 e. The van der Waals surface area contributed by atoms with Gasteiger partial charge in [-0.3, -0.25) is 0 Å². The molecule has 1 saturated carbocycles. The smallest absolute Gasteiger partial charge is 0.334 e. The first-order valence-corrected chi connectivity index (χ1v) is 9.20. The third kappa shape index (κ3) is 1.73. The minimum absolute atomic E-state index is 0.154. The average molecular weight is 314 g/mol. The third-order valence-electron chi connectivity index (χ3n) is 7.73. The molecule has 0 N–H and O–H groups in total. The lowest BCUT2D eigenvalue weighted by atomic mass is 9.51. The molecule has 1 saturated heterocycles. The maximum atomic E-state index is 12.8. The van der Waals surface area contributed by atoms with Gasteiger partial charge in [0.2, 0.25) is 0 Å². The van der Waals surface area contributed by atoms with Crippen molar-refractivity contribution in [3.63, 3.8) is 0 Å². The van der Waals surface area contributed by atoms with Gasteiger partial charge in [-0.2, -0.15) is 0 Å². The molecule has 3 aliphatic carbocycles. The summed E-state index contributed by atoms with van der Waals surface area (Å²) in [5.74, 6) is 0.209. The summed E-state index contributed by atoms with van der Waals surface area (Å²) in [7, 11) is 0. The highest BCUT2D eigenvalue weighted by molar-refractivity contribution is 5.91. The SMILES string of the molecule is C=C1C(=O)O[C@]2(C)CCC[C@@]3(C)CCC4=C([C@H]32)[C@@]1(C)CC4(C)C. The fraction of sp³-hybridized carbons (Fsp3) is 0.762. The molecule has 1 aliphatic heterocycles. The number of ether oxygens (including phenoxy) is 1. The molecule has 0 amide bonds. The highest BCUT2D eigenvalue weighted by atomic mass is 16.6. The van der Waals surface area contributed by atoms with Gasteiger partial charge in [-0.15, -0.1) is 0 Å². The maximum absolute atomic E-state index is 12.8. The number of esters is 1. The van der Waals surface area contributed by atoms with Gasteiger partial charge in [0.15, 0.2) is 0 Å². The monoisotopic (exact) mass is 314 g/mol. The summed E-state index contributed by atoms with van der Waals surface area (Å²) in [4.78, 5) is 12.8. The molecular weight excluding hydrogens is 284 g/mol. The molecule has 4 aliphatic rings. The normalized spacial score (nSPS) is 48.0.